The molecule has 0 atom stereocenters. The summed E-state index contributed by atoms with van der Waals surface area (Å²) in [5, 5.41) is 18.0. The second-order valence-corrected chi connectivity index (χ2v) is 4.25. The average molecular weight is 229 g/mol. The predicted octanol–water partition coefficient (Wildman–Crippen LogP) is 1.88. The Morgan fingerprint density at radius 3 is 1.65 bits per heavy atom. The Kier molecular flexibility index (Phi) is 2.72. The molecule has 88 valence electrons. The molecule has 2 aromatic rings. The highest BCUT2D eigenvalue weighted by molar-refractivity contribution is 5.14. The van der Waals surface area contributed by atoms with E-state index in [9.17, 15) is 5.26 Å². The zero-order valence-electron chi connectivity index (χ0n) is 10.5. The van der Waals surface area contributed by atoms with Crippen molar-refractivity contribution in [2.24, 2.45) is 0 Å². The molecule has 0 saturated heterocycles. The van der Waals surface area contributed by atoms with Crippen LogP contribution < -0.4 is 0 Å². The first-order valence-corrected chi connectivity index (χ1v) is 5.48. The standard InChI is InChI=1S/C12H15N5/c1-8-5-10(3)16(14-8)12(7-13)17-11(4)6-9(2)15-17/h5-6,12H,1-4H3. The molecule has 0 unspecified atom stereocenters. The molecular weight excluding hydrogens is 214 g/mol. The van der Waals surface area contributed by atoms with Gasteiger partial charge in [-0.25, -0.2) is 9.36 Å². The molecule has 0 aromatic carbocycles. The van der Waals surface area contributed by atoms with Gasteiger partial charge in [0.2, 0.25) is 6.17 Å². The van der Waals surface area contributed by atoms with Gasteiger partial charge in [-0.1, -0.05) is 0 Å². The highest BCUT2D eigenvalue weighted by Crippen LogP contribution is 2.15. The first kappa shape index (κ1) is 11.4. The first-order chi connectivity index (χ1) is 8.02. The Balaban J connectivity index is 2.52. The zero-order chi connectivity index (χ0) is 12.6. The fourth-order valence-corrected chi connectivity index (χ4v) is 2.00. The third-order valence-electron chi connectivity index (χ3n) is 2.67. The summed E-state index contributed by atoms with van der Waals surface area (Å²) < 4.78 is 3.41. The molecule has 0 N–H and O–H groups in total. The van der Waals surface area contributed by atoms with Gasteiger partial charge >= 0.3 is 0 Å². The first-order valence-electron chi connectivity index (χ1n) is 5.48. The zero-order valence-corrected chi connectivity index (χ0v) is 10.5. The maximum absolute atomic E-state index is 9.33. The van der Waals surface area contributed by atoms with Gasteiger partial charge in [-0.15, -0.1) is 0 Å². The maximum Gasteiger partial charge on any atom is 0.230 e. The third kappa shape index (κ3) is 1.94. The van der Waals surface area contributed by atoms with Crippen LogP contribution in [0.15, 0.2) is 12.1 Å². The Bertz CT molecular complexity index is 538. The van der Waals surface area contributed by atoms with E-state index in [0.717, 1.165) is 22.8 Å². The van der Waals surface area contributed by atoms with Crippen molar-refractivity contribution in [2.75, 3.05) is 0 Å². The van der Waals surface area contributed by atoms with Crippen molar-refractivity contribution in [1.29, 1.82) is 5.26 Å². The third-order valence-corrected chi connectivity index (χ3v) is 2.67. The van der Waals surface area contributed by atoms with E-state index in [0.29, 0.717) is 0 Å². The van der Waals surface area contributed by atoms with E-state index >= 15 is 0 Å². The van der Waals surface area contributed by atoms with Gasteiger partial charge < -0.3 is 0 Å². The van der Waals surface area contributed by atoms with Crippen molar-refractivity contribution in [2.45, 2.75) is 33.9 Å². The average Bonchev–Trinajstić information content (AvgIpc) is 2.73. The Morgan fingerprint density at radius 1 is 1.00 bits per heavy atom. The molecule has 0 aliphatic rings. The van der Waals surface area contributed by atoms with E-state index in [1.54, 1.807) is 9.36 Å². The molecule has 0 aliphatic carbocycles. The van der Waals surface area contributed by atoms with Crippen molar-refractivity contribution in [3.63, 3.8) is 0 Å². The maximum atomic E-state index is 9.33. The van der Waals surface area contributed by atoms with Crippen LogP contribution in [0.3, 0.4) is 0 Å². The lowest BCUT2D eigenvalue weighted by Crippen LogP contribution is -2.21. The lowest BCUT2D eigenvalue weighted by Gasteiger charge is -2.14. The number of hydrogen-bond acceptors (Lipinski definition) is 3. The van der Waals surface area contributed by atoms with E-state index in [1.165, 1.54) is 0 Å². The smallest absolute Gasteiger partial charge is 0.230 e. The summed E-state index contributed by atoms with van der Waals surface area (Å²) in [7, 11) is 0. The van der Waals surface area contributed by atoms with Crippen molar-refractivity contribution in [3.8, 4) is 6.07 Å². The van der Waals surface area contributed by atoms with Gasteiger partial charge in [0.05, 0.1) is 11.4 Å². The highest BCUT2D eigenvalue weighted by atomic mass is 15.5. The van der Waals surface area contributed by atoms with Crippen LogP contribution in [-0.2, 0) is 0 Å². The van der Waals surface area contributed by atoms with Crippen molar-refractivity contribution < 1.29 is 0 Å². The fourth-order valence-electron chi connectivity index (χ4n) is 2.00. The molecule has 5 heteroatoms. The summed E-state index contributed by atoms with van der Waals surface area (Å²) in [6, 6.07) is 6.15. The minimum absolute atomic E-state index is 0.516. The molecule has 0 amide bonds. The Labute approximate surface area is 100 Å². The highest BCUT2D eigenvalue weighted by Gasteiger charge is 2.18. The molecule has 2 heterocycles. The summed E-state index contributed by atoms with van der Waals surface area (Å²) in [4.78, 5) is 0. The molecule has 0 aliphatic heterocycles. The SMILES string of the molecule is Cc1cc(C)n(C(C#N)n2nc(C)cc2C)n1. The van der Waals surface area contributed by atoms with Gasteiger partial charge in [0.1, 0.15) is 6.07 Å². The van der Waals surface area contributed by atoms with Gasteiger partial charge in [-0.05, 0) is 39.8 Å². The van der Waals surface area contributed by atoms with E-state index < -0.39 is 6.17 Å². The van der Waals surface area contributed by atoms with Crippen LogP contribution in [0, 0.1) is 39.0 Å². The number of hydrogen-bond donors (Lipinski definition) is 0. The van der Waals surface area contributed by atoms with Gasteiger partial charge in [0.15, 0.2) is 0 Å². The van der Waals surface area contributed by atoms with E-state index in [4.69, 9.17) is 0 Å². The molecule has 17 heavy (non-hydrogen) atoms. The lowest BCUT2D eigenvalue weighted by molar-refractivity contribution is 0.422. The molecule has 2 rings (SSSR count). The largest absolute Gasteiger partial charge is 0.231 e. The predicted molar refractivity (Wildman–Crippen MR) is 63.5 cm³/mol. The minimum atomic E-state index is -0.516. The van der Waals surface area contributed by atoms with E-state index in [1.807, 2.05) is 39.8 Å². The summed E-state index contributed by atoms with van der Waals surface area (Å²) >= 11 is 0. The van der Waals surface area contributed by atoms with Crippen molar-refractivity contribution in [1.82, 2.24) is 19.6 Å². The van der Waals surface area contributed by atoms with E-state index in [2.05, 4.69) is 16.3 Å². The summed E-state index contributed by atoms with van der Waals surface area (Å²) in [6.07, 6.45) is -0.516. The molecule has 0 saturated carbocycles. The number of aromatic nitrogens is 4. The second kappa shape index (κ2) is 4.06. The van der Waals surface area contributed by atoms with Crippen LogP contribution in [0.25, 0.3) is 0 Å². The van der Waals surface area contributed by atoms with Crippen LogP contribution in [0.4, 0.5) is 0 Å². The van der Waals surface area contributed by atoms with Gasteiger partial charge in [-0.3, -0.25) is 0 Å². The minimum Gasteiger partial charge on any atom is -0.231 e. The van der Waals surface area contributed by atoms with Gasteiger partial charge in [-0.2, -0.15) is 15.5 Å². The summed E-state index contributed by atoms with van der Waals surface area (Å²) in [6.45, 7) is 7.71. The summed E-state index contributed by atoms with van der Waals surface area (Å²) in [5.41, 5.74) is 3.73. The number of nitrogens with zero attached hydrogens (tertiary/aromatic N) is 5. The van der Waals surface area contributed by atoms with Gasteiger partial charge in [0, 0.05) is 11.4 Å². The number of nitriles is 1. The monoisotopic (exact) mass is 229 g/mol. The molecule has 0 fully saturated rings. The van der Waals surface area contributed by atoms with Crippen LogP contribution in [0.5, 0.6) is 0 Å². The molecule has 0 bridgehead atoms. The van der Waals surface area contributed by atoms with Crippen LogP contribution >= 0.6 is 0 Å². The molecule has 0 spiro atoms. The van der Waals surface area contributed by atoms with E-state index in [-0.39, 0.29) is 0 Å². The summed E-state index contributed by atoms with van der Waals surface area (Å²) in [5.74, 6) is 0. The Hall–Kier alpha value is -2.09. The molecule has 2 aromatic heterocycles. The van der Waals surface area contributed by atoms with Crippen LogP contribution in [-0.4, -0.2) is 19.6 Å². The lowest BCUT2D eigenvalue weighted by atomic mass is 10.4. The quantitative estimate of drug-likeness (QED) is 0.790. The second-order valence-electron chi connectivity index (χ2n) is 4.25. The number of aryl methyl sites for hydroxylation is 4. The number of rotatable bonds is 2. The van der Waals surface area contributed by atoms with Crippen molar-refractivity contribution in [3.05, 3.63) is 34.9 Å². The molecule has 5 nitrogen and oxygen atoms in total. The molecular formula is C12H15N5. The van der Waals surface area contributed by atoms with Crippen LogP contribution in [0.2, 0.25) is 0 Å². The topological polar surface area (TPSA) is 59.4 Å². The van der Waals surface area contributed by atoms with Crippen molar-refractivity contribution >= 4 is 0 Å². The fraction of sp³-hybridized carbons (Fsp3) is 0.417. The van der Waals surface area contributed by atoms with Gasteiger partial charge in [0.25, 0.3) is 0 Å². The Morgan fingerprint density at radius 2 is 1.41 bits per heavy atom. The molecule has 0 radical (unpaired) electrons. The normalized spacial score (nSPS) is 10.8. The van der Waals surface area contributed by atoms with Crippen LogP contribution in [0.1, 0.15) is 28.9 Å².